The Morgan fingerprint density at radius 2 is 2.00 bits per heavy atom. The van der Waals surface area contributed by atoms with Crippen molar-refractivity contribution in [3.63, 3.8) is 0 Å². The number of morpholine rings is 1. The Hall–Kier alpha value is -2.90. The minimum atomic E-state index is -0.158. The van der Waals surface area contributed by atoms with E-state index in [-0.39, 0.29) is 11.8 Å². The second-order valence-electron chi connectivity index (χ2n) is 7.80. The average Bonchev–Trinajstić information content (AvgIpc) is 3.24. The molecular weight excluding hydrogens is 414 g/mol. The third-order valence-corrected chi connectivity index (χ3v) is 5.48. The number of nitrogens with zero attached hydrogens (tertiary/aromatic N) is 4. The van der Waals surface area contributed by atoms with Crippen molar-refractivity contribution in [3.8, 4) is 5.69 Å². The fraction of sp³-hybridized carbons (Fsp3) is 0.348. The van der Waals surface area contributed by atoms with Crippen LogP contribution in [0.1, 0.15) is 41.4 Å². The molecule has 1 amide bonds. The topological polar surface area (TPSA) is 72.3 Å². The molecule has 7 nitrogen and oxygen atoms in total. The van der Waals surface area contributed by atoms with Gasteiger partial charge in [-0.25, -0.2) is 9.67 Å². The van der Waals surface area contributed by atoms with Crippen molar-refractivity contribution in [3.05, 3.63) is 70.6 Å². The van der Waals surface area contributed by atoms with E-state index in [4.69, 9.17) is 16.3 Å². The number of carbonyl (C=O) groups is 1. The molecule has 0 aliphatic carbocycles. The maximum Gasteiger partial charge on any atom is 0.255 e. The molecule has 1 aliphatic heterocycles. The lowest BCUT2D eigenvalue weighted by atomic mass is 10.0. The van der Waals surface area contributed by atoms with E-state index in [1.54, 1.807) is 10.9 Å². The number of hydrogen-bond donors (Lipinski definition) is 1. The zero-order chi connectivity index (χ0) is 21.8. The molecule has 1 saturated heterocycles. The number of carbonyl (C=O) groups excluding carboxylic acids is 1. The van der Waals surface area contributed by atoms with E-state index in [0.717, 1.165) is 49.1 Å². The number of hydrogen-bond acceptors (Lipinski definition) is 5. The lowest BCUT2D eigenvalue weighted by Gasteiger charge is -2.27. The normalized spacial score (nSPS) is 14.1. The van der Waals surface area contributed by atoms with Crippen LogP contribution in [0.15, 0.2) is 48.8 Å². The van der Waals surface area contributed by atoms with Gasteiger partial charge in [0.1, 0.15) is 5.82 Å². The monoisotopic (exact) mass is 439 g/mol. The summed E-state index contributed by atoms with van der Waals surface area (Å²) in [7, 11) is 0. The van der Waals surface area contributed by atoms with Gasteiger partial charge in [0.15, 0.2) is 0 Å². The van der Waals surface area contributed by atoms with Gasteiger partial charge in [-0.1, -0.05) is 37.6 Å². The molecule has 1 N–H and O–H groups in total. The highest BCUT2D eigenvalue weighted by Crippen LogP contribution is 2.24. The Kier molecular flexibility index (Phi) is 6.53. The first kappa shape index (κ1) is 21.3. The van der Waals surface area contributed by atoms with Gasteiger partial charge in [-0.05, 0) is 35.7 Å². The molecule has 0 radical (unpaired) electrons. The molecule has 4 rings (SSSR count). The van der Waals surface area contributed by atoms with Crippen LogP contribution in [0, 0.1) is 0 Å². The van der Waals surface area contributed by atoms with Crippen molar-refractivity contribution >= 4 is 23.3 Å². The lowest BCUT2D eigenvalue weighted by molar-refractivity contribution is 0.0949. The molecule has 0 unspecified atom stereocenters. The molecule has 1 fully saturated rings. The Morgan fingerprint density at radius 3 is 2.68 bits per heavy atom. The predicted octanol–water partition coefficient (Wildman–Crippen LogP) is 3.81. The molecule has 31 heavy (non-hydrogen) atoms. The first-order chi connectivity index (χ1) is 15.0. The molecule has 1 aromatic carbocycles. The van der Waals surface area contributed by atoms with Crippen molar-refractivity contribution < 1.29 is 9.53 Å². The fourth-order valence-electron chi connectivity index (χ4n) is 3.68. The lowest BCUT2D eigenvalue weighted by Crippen LogP contribution is -2.36. The van der Waals surface area contributed by atoms with E-state index in [0.29, 0.717) is 17.1 Å². The molecule has 0 saturated carbocycles. The molecule has 3 heterocycles. The summed E-state index contributed by atoms with van der Waals surface area (Å²) in [5, 5.41) is 8.08. The second kappa shape index (κ2) is 9.49. The zero-order valence-corrected chi connectivity index (χ0v) is 18.5. The zero-order valence-electron chi connectivity index (χ0n) is 17.7. The summed E-state index contributed by atoms with van der Waals surface area (Å²) in [6, 6.07) is 11.4. The molecular formula is C23H26ClN5O2. The van der Waals surface area contributed by atoms with Gasteiger partial charge in [-0.3, -0.25) is 4.79 Å². The number of amides is 1. The minimum absolute atomic E-state index is 0.108. The molecule has 0 atom stereocenters. The average molecular weight is 440 g/mol. The molecule has 1 aliphatic rings. The summed E-state index contributed by atoms with van der Waals surface area (Å²) in [5.41, 5.74) is 3.19. The number of pyridine rings is 1. The standard InChI is InChI=1S/C23H26ClN5O2/c1-16(2)22-20(15-27-29(22)19-5-3-4-18(24)12-19)23(30)26-14-17-6-7-21(25-13-17)28-8-10-31-11-9-28/h3-7,12-13,15-16H,8-11,14H2,1-2H3,(H,26,30). The number of aromatic nitrogens is 3. The quantitative estimate of drug-likeness (QED) is 0.632. The van der Waals surface area contributed by atoms with E-state index >= 15 is 0 Å². The number of benzene rings is 1. The highest BCUT2D eigenvalue weighted by molar-refractivity contribution is 6.30. The van der Waals surface area contributed by atoms with Crippen LogP contribution in [0.4, 0.5) is 5.82 Å². The summed E-state index contributed by atoms with van der Waals surface area (Å²) in [6.45, 7) is 7.62. The van der Waals surface area contributed by atoms with Crippen LogP contribution in [0.25, 0.3) is 5.69 Å². The van der Waals surface area contributed by atoms with E-state index in [9.17, 15) is 4.79 Å². The smallest absolute Gasteiger partial charge is 0.255 e. The Morgan fingerprint density at radius 1 is 1.19 bits per heavy atom. The molecule has 0 spiro atoms. The number of halogens is 1. The summed E-state index contributed by atoms with van der Waals surface area (Å²) in [5.74, 6) is 0.884. The van der Waals surface area contributed by atoms with Gasteiger partial charge in [0.05, 0.1) is 36.4 Å². The second-order valence-corrected chi connectivity index (χ2v) is 8.23. The summed E-state index contributed by atoms with van der Waals surface area (Å²) in [6.07, 6.45) is 3.43. The molecule has 8 heteroatoms. The van der Waals surface area contributed by atoms with Gasteiger partial charge in [-0.15, -0.1) is 0 Å². The first-order valence-electron chi connectivity index (χ1n) is 10.4. The van der Waals surface area contributed by atoms with E-state index in [2.05, 4.69) is 20.3 Å². The van der Waals surface area contributed by atoms with Crippen LogP contribution in [0.3, 0.4) is 0 Å². The van der Waals surface area contributed by atoms with E-state index in [1.807, 2.05) is 56.4 Å². The summed E-state index contributed by atoms with van der Waals surface area (Å²) < 4.78 is 7.17. The van der Waals surface area contributed by atoms with E-state index < -0.39 is 0 Å². The molecule has 3 aromatic rings. The van der Waals surface area contributed by atoms with Gasteiger partial charge < -0.3 is 15.0 Å². The van der Waals surface area contributed by atoms with Crippen molar-refractivity contribution in [2.45, 2.75) is 26.3 Å². The van der Waals surface area contributed by atoms with Gasteiger partial charge in [0.25, 0.3) is 5.91 Å². The number of nitrogens with one attached hydrogen (secondary N) is 1. The SMILES string of the molecule is CC(C)c1c(C(=O)NCc2ccc(N3CCOCC3)nc2)cnn1-c1cccc(Cl)c1. The van der Waals surface area contributed by atoms with Gasteiger partial charge in [0, 0.05) is 30.9 Å². The highest BCUT2D eigenvalue weighted by Gasteiger charge is 2.21. The van der Waals surface area contributed by atoms with Gasteiger partial charge in [0.2, 0.25) is 0 Å². The van der Waals surface area contributed by atoms with Gasteiger partial charge in [-0.2, -0.15) is 5.10 Å². The van der Waals surface area contributed by atoms with Crippen molar-refractivity contribution in [1.29, 1.82) is 0 Å². The van der Waals surface area contributed by atoms with Crippen molar-refractivity contribution in [2.24, 2.45) is 0 Å². The van der Waals surface area contributed by atoms with E-state index in [1.165, 1.54) is 0 Å². The van der Waals surface area contributed by atoms with Crippen molar-refractivity contribution in [2.75, 3.05) is 31.2 Å². The molecule has 2 aromatic heterocycles. The largest absolute Gasteiger partial charge is 0.378 e. The van der Waals surface area contributed by atoms with Crippen LogP contribution < -0.4 is 10.2 Å². The predicted molar refractivity (Wildman–Crippen MR) is 121 cm³/mol. The number of rotatable bonds is 6. The summed E-state index contributed by atoms with van der Waals surface area (Å²) in [4.78, 5) is 19.7. The Bertz CT molecular complexity index is 1040. The van der Waals surface area contributed by atoms with Crippen LogP contribution in [-0.4, -0.2) is 47.0 Å². The fourth-order valence-corrected chi connectivity index (χ4v) is 3.86. The van der Waals surface area contributed by atoms with Gasteiger partial charge >= 0.3 is 0 Å². The third kappa shape index (κ3) is 4.89. The van der Waals surface area contributed by atoms with Crippen LogP contribution in [0.5, 0.6) is 0 Å². The first-order valence-corrected chi connectivity index (χ1v) is 10.8. The third-order valence-electron chi connectivity index (χ3n) is 5.25. The summed E-state index contributed by atoms with van der Waals surface area (Å²) >= 11 is 6.14. The Labute approximate surface area is 187 Å². The number of anilines is 1. The molecule has 0 bridgehead atoms. The van der Waals surface area contributed by atoms with Crippen molar-refractivity contribution in [1.82, 2.24) is 20.1 Å². The maximum absolute atomic E-state index is 12.9. The van der Waals surface area contributed by atoms with Crippen LogP contribution >= 0.6 is 11.6 Å². The minimum Gasteiger partial charge on any atom is -0.378 e. The Balaban J connectivity index is 1.46. The highest BCUT2D eigenvalue weighted by atomic mass is 35.5. The van der Waals surface area contributed by atoms with Crippen LogP contribution in [0.2, 0.25) is 5.02 Å². The molecule has 162 valence electrons. The van der Waals surface area contributed by atoms with Crippen LogP contribution in [-0.2, 0) is 11.3 Å². The number of ether oxygens (including phenoxy) is 1. The maximum atomic E-state index is 12.9.